The lowest BCUT2D eigenvalue weighted by Gasteiger charge is -2.11. The van der Waals surface area contributed by atoms with Crippen LogP contribution in [0.3, 0.4) is 0 Å². The molecule has 3 rings (SSSR count). The molecule has 0 spiro atoms. The van der Waals surface area contributed by atoms with Gasteiger partial charge in [0.05, 0.1) is 5.02 Å². The van der Waals surface area contributed by atoms with Crippen molar-refractivity contribution in [2.75, 3.05) is 5.32 Å². The van der Waals surface area contributed by atoms with E-state index in [1.807, 2.05) is 42.5 Å². The van der Waals surface area contributed by atoms with Crippen molar-refractivity contribution in [3.63, 3.8) is 0 Å². The van der Waals surface area contributed by atoms with E-state index in [1.54, 1.807) is 0 Å². The Labute approximate surface area is 158 Å². The standard InChI is InChI=1S/C21H19Cl2NO/c1-15-2-9-19(10-3-15)24-13-17-6-11-21(20(23)12-17)25-14-16-4-7-18(22)8-5-16/h2-12,24H,13-14H2,1H3. The number of aryl methyl sites for hydroxylation is 1. The molecular weight excluding hydrogens is 353 g/mol. The molecular formula is C21H19Cl2NO. The lowest BCUT2D eigenvalue weighted by atomic mass is 10.2. The number of benzene rings is 3. The zero-order chi connectivity index (χ0) is 17.6. The van der Waals surface area contributed by atoms with Crippen LogP contribution in [-0.2, 0) is 13.2 Å². The number of rotatable bonds is 6. The summed E-state index contributed by atoms with van der Waals surface area (Å²) in [6.45, 7) is 3.24. The molecule has 2 nitrogen and oxygen atoms in total. The molecule has 0 atom stereocenters. The summed E-state index contributed by atoms with van der Waals surface area (Å²) in [5.41, 5.74) is 4.48. The molecule has 0 aliphatic heterocycles. The minimum Gasteiger partial charge on any atom is -0.487 e. The van der Waals surface area contributed by atoms with Gasteiger partial charge in [0.25, 0.3) is 0 Å². The SMILES string of the molecule is Cc1ccc(NCc2ccc(OCc3ccc(Cl)cc3)c(Cl)c2)cc1. The molecule has 0 unspecified atom stereocenters. The first-order valence-electron chi connectivity index (χ1n) is 8.06. The number of nitrogens with one attached hydrogen (secondary N) is 1. The van der Waals surface area contributed by atoms with Crippen LogP contribution in [0.4, 0.5) is 5.69 Å². The van der Waals surface area contributed by atoms with E-state index >= 15 is 0 Å². The van der Waals surface area contributed by atoms with Crippen molar-refractivity contribution in [3.8, 4) is 5.75 Å². The van der Waals surface area contributed by atoms with Gasteiger partial charge in [0.1, 0.15) is 12.4 Å². The van der Waals surface area contributed by atoms with E-state index in [2.05, 4.69) is 36.5 Å². The predicted octanol–water partition coefficient (Wildman–Crippen LogP) is 6.49. The van der Waals surface area contributed by atoms with Gasteiger partial charge in [0.15, 0.2) is 0 Å². The maximum Gasteiger partial charge on any atom is 0.138 e. The third-order valence-electron chi connectivity index (χ3n) is 3.85. The van der Waals surface area contributed by atoms with Crippen LogP contribution >= 0.6 is 23.2 Å². The summed E-state index contributed by atoms with van der Waals surface area (Å²) in [7, 11) is 0. The lowest BCUT2D eigenvalue weighted by molar-refractivity contribution is 0.306. The van der Waals surface area contributed by atoms with Crippen molar-refractivity contribution >= 4 is 28.9 Å². The molecule has 0 aromatic heterocycles. The molecule has 0 aliphatic carbocycles. The highest BCUT2D eigenvalue weighted by molar-refractivity contribution is 6.32. The Morgan fingerprint density at radius 3 is 2.20 bits per heavy atom. The van der Waals surface area contributed by atoms with Gasteiger partial charge in [0.2, 0.25) is 0 Å². The van der Waals surface area contributed by atoms with Gasteiger partial charge in [-0.3, -0.25) is 0 Å². The molecule has 25 heavy (non-hydrogen) atoms. The van der Waals surface area contributed by atoms with Crippen molar-refractivity contribution in [2.45, 2.75) is 20.1 Å². The normalized spacial score (nSPS) is 10.5. The second-order valence-electron chi connectivity index (χ2n) is 5.90. The fourth-order valence-corrected chi connectivity index (χ4v) is 2.77. The summed E-state index contributed by atoms with van der Waals surface area (Å²) in [6.07, 6.45) is 0. The average molecular weight is 372 g/mol. The van der Waals surface area contributed by atoms with Crippen LogP contribution in [0.15, 0.2) is 66.7 Å². The summed E-state index contributed by atoms with van der Waals surface area (Å²) in [6, 6.07) is 21.7. The largest absolute Gasteiger partial charge is 0.487 e. The van der Waals surface area contributed by atoms with Crippen molar-refractivity contribution in [1.82, 2.24) is 0 Å². The van der Waals surface area contributed by atoms with E-state index in [-0.39, 0.29) is 0 Å². The van der Waals surface area contributed by atoms with E-state index in [0.29, 0.717) is 28.9 Å². The van der Waals surface area contributed by atoms with Gasteiger partial charge in [-0.15, -0.1) is 0 Å². The lowest BCUT2D eigenvalue weighted by Crippen LogP contribution is -2.00. The minimum absolute atomic E-state index is 0.456. The fourth-order valence-electron chi connectivity index (χ4n) is 2.39. The number of halogens is 2. The van der Waals surface area contributed by atoms with Crippen molar-refractivity contribution < 1.29 is 4.74 Å². The van der Waals surface area contributed by atoms with Crippen molar-refractivity contribution in [1.29, 1.82) is 0 Å². The Hall–Kier alpha value is -2.16. The van der Waals surface area contributed by atoms with E-state index in [0.717, 1.165) is 16.8 Å². The molecule has 0 heterocycles. The highest BCUT2D eigenvalue weighted by atomic mass is 35.5. The predicted molar refractivity (Wildman–Crippen MR) is 106 cm³/mol. The summed E-state index contributed by atoms with van der Waals surface area (Å²) in [5, 5.41) is 4.71. The Morgan fingerprint density at radius 1 is 0.840 bits per heavy atom. The summed E-state index contributed by atoms with van der Waals surface area (Å²) in [5.74, 6) is 0.677. The van der Waals surface area contributed by atoms with Gasteiger partial charge >= 0.3 is 0 Å². The molecule has 0 amide bonds. The topological polar surface area (TPSA) is 21.3 Å². The third kappa shape index (κ3) is 5.15. The van der Waals surface area contributed by atoms with Gasteiger partial charge in [-0.1, -0.05) is 59.1 Å². The Bertz CT molecular complexity index is 830. The number of ether oxygens (including phenoxy) is 1. The minimum atomic E-state index is 0.456. The first kappa shape index (κ1) is 17.7. The molecule has 0 aliphatic rings. The Kier molecular flexibility index (Phi) is 5.85. The molecule has 0 radical (unpaired) electrons. The molecule has 0 saturated carbocycles. The maximum atomic E-state index is 6.35. The van der Waals surface area contributed by atoms with Gasteiger partial charge in [-0.05, 0) is 54.4 Å². The van der Waals surface area contributed by atoms with E-state index in [4.69, 9.17) is 27.9 Å². The fraction of sp³-hybridized carbons (Fsp3) is 0.143. The molecule has 4 heteroatoms. The molecule has 3 aromatic rings. The summed E-state index contributed by atoms with van der Waals surface area (Å²) >= 11 is 12.2. The molecule has 0 saturated heterocycles. The van der Waals surface area contributed by atoms with Gasteiger partial charge in [-0.25, -0.2) is 0 Å². The average Bonchev–Trinajstić information content (AvgIpc) is 2.62. The quantitative estimate of drug-likeness (QED) is 0.534. The zero-order valence-corrected chi connectivity index (χ0v) is 15.4. The van der Waals surface area contributed by atoms with Crippen molar-refractivity contribution in [2.24, 2.45) is 0 Å². The highest BCUT2D eigenvalue weighted by Gasteiger charge is 2.04. The van der Waals surface area contributed by atoms with E-state index in [9.17, 15) is 0 Å². The molecule has 0 fully saturated rings. The number of hydrogen-bond donors (Lipinski definition) is 1. The van der Waals surface area contributed by atoms with Crippen LogP contribution in [0, 0.1) is 6.92 Å². The first-order valence-corrected chi connectivity index (χ1v) is 8.82. The second kappa shape index (κ2) is 8.28. The van der Waals surface area contributed by atoms with Crippen LogP contribution in [-0.4, -0.2) is 0 Å². The highest BCUT2D eigenvalue weighted by Crippen LogP contribution is 2.27. The van der Waals surface area contributed by atoms with Crippen molar-refractivity contribution in [3.05, 3.63) is 93.5 Å². The Balaban J connectivity index is 1.58. The summed E-state index contributed by atoms with van der Waals surface area (Å²) in [4.78, 5) is 0. The van der Waals surface area contributed by atoms with Crippen LogP contribution in [0.2, 0.25) is 10.0 Å². The number of hydrogen-bond acceptors (Lipinski definition) is 2. The maximum absolute atomic E-state index is 6.35. The third-order valence-corrected chi connectivity index (χ3v) is 4.40. The molecule has 1 N–H and O–H groups in total. The van der Waals surface area contributed by atoms with Crippen LogP contribution in [0.25, 0.3) is 0 Å². The van der Waals surface area contributed by atoms with Gasteiger partial charge in [-0.2, -0.15) is 0 Å². The van der Waals surface area contributed by atoms with Gasteiger partial charge < -0.3 is 10.1 Å². The monoisotopic (exact) mass is 371 g/mol. The molecule has 128 valence electrons. The Morgan fingerprint density at radius 2 is 1.52 bits per heavy atom. The van der Waals surface area contributed by atoms with Gasteiger partial charge in [0, 0.05) is 17.3 Å². The summed E-state index contributed by atoms with van der Waals surface area (Å²) < 4.78 is 5.80. The number of anilines is 1. The van der Waals surface area contributed by atoms with Crippen LogP contribution in [0.1, 0.15) is 16.7 Å². The smallest absolute Gasteiger partial charge is 0.138 e. The van der Waals surface area contributed by atoms with Crippen LogP contribution < -0.4 is 10.1 Å². The second-order valence-corrected chi connectivity index (χ2v) is 6.74. The molecule has 0 bridgehead atoms. The van der Waals surface area contributed by atoms with E-state index in [1.165, 1.54) is 5.56 Å². The zero-order valence-electron chi connectivity index (χ0n) is 13.9. The van der Waals surface area contributed by atoms with E-state index < -0.39 is 0 Å². The van der Waals surface area contributed by atoms with Crippen LogP contribution in [0.5, 0.6) is 5.75 Å². The first-order chi connectivity index (χ1) is 12.1. The molecule has 3 aromatic carbocycles.